The molecule has 30 heavy (non-hydrogen) atoms. The van der Waals surface area contributed by atoms with Crippen LogP contribution in [0.5, 0.6) is 17.2 Å². The van der Waals surface area contributed by atoms with Crippen molar-refractivity contribution < 1.29 is 27.4 Å². The Balaban J connectivity index is 1.66. The molecule has 0 atom stereocenters. The molecule has 0 bridgehead atoms. The van der Waals surface area contributed by atoms with Gasteiger partial charge in [-0.3, -0.25) is 4.79 Å². The van der Waals surface area contributed by atoms with Crippen LogP contribution in [0.25, 0.3) is 0 Å². The number of hydrogen-bond acceptors (Lipinski definition) is 6. The molecule has 0 radical (unpaired) electrons. The minimum Gasteiger partial charge on any atom is -0.492 e. The van der Waals surface area contributed by atoms with Crippen molar-refractivity contribution >= 4 is 15.9 Å². The predicted molar refractivity (Wildman–Crippen MR) is 110 cm³/mol. The smallest absolute Gasteiger partial charge is 0.257 e. The summed E-state index contributed by atoms with van der Waals surface area (Å²) in [5, 5.41) is 0. The third-order valence-corrected chi connectivity index (χ3v) is 6.89. The van der Waals surface area contributed by atoms with Gasteiger partial charge in [-0.1, -0.05) is 30.3 Å². The Morgan fingerprint density at radius 2 is 1.90 bits per heavy atom. The van der Waals surface area contributed by atoms with Gasteiger partial charge in [0.25, 0.3) is 5.91 Å². The van der Waals surface area contributed by atoms with Gasteiger partial charge in [0.15, 0.2) is 11.5 Å². The molecule has 2 aliphatic heterocycles. The SMILES string of the molecule is COc1c2c(c(S(=O)(=O)NCCCc3ccccc3)c3c1C(=O)N(C)CC3)OCO2. The van der Waals surface area contributed by atoms with E-state index in [1.165, 1.54) is 12.0 Å². The number of nitrogens with one attached hydrogen (secondary N) is 1. The van der Waals surface area contributed by atoms with Gasteiger partial charge in [-0.05, 0) is 30.4 Å². The highest BCUT2D eigenvalue weighted by molar-refractivity contribution is 7.89. The molecule has 160 valence electrons. The van der Waals surface area contributed by atoms with Gasteiger partial charge in [-0.25, -0.2) is 13.1 Å². The van der Waals surface area contributed by atoms with Crippen LogP contribution in [-0.4, -0.2) is 53.3 Å². The third kappa shape index (κ3) is 3.59. The molecule has 1 amide bonds. The molecular weight excluding hydrogens is 408 g/mol. The number of carbonyl (C=O) groups is 1. The molecule has 0 saturated carbocycles. The van der Waals surface area contributed by atoms with Crippen LogP contribution in [0.3, 0.4) is 0 Å². The van der Waals surface area contributed by atoms with E-state index in [4.69, 9.17) is 14.2 Å². The number of likely N-dealkylation sites (N-methyl/N-ethyl adjacent to an activating group) is 1. The Kier molecular flexibility index (Phi) is 5.57. The largest absolute Gasteiger partial charge is 0.492 e. The van der Waals surface area contributed by atoms with Gasteiger partial charge in [0.2, 0.25) is 22.6 Å². The van der Waals surface area contributed by atoms with Gasteiger partial charge in [-0.15, -0.1) is 0 Å². The normalized spacial score (nSPS) is 15.3. The molecule has 8 nitrogen and oxygen atoms in total. The lowest BCUT2D eigenvalue weighted by Gasteiger charge is -2.28. The van der Waals surface area contributed by atoms with Gasteiger partial charge < -0.3 is 19.1 Å². The van der Waals surface area contributed by atoms with Crippen LogP contribution < -0.4 is 18.9 Å². The summed E-state index contributed by atoms with van der Waals surface area (Å²) in [4.78, 5) is 14.3. The number of carbonyl (C=O) groups excluding carboxylic acids is 1. The molecule has 2 heterocycles. The van der Waals surface area contributed by atoms with E-state index in [-0.39, 0.29) is 47.0 Å². The van der Waals surface area contributed by atoms with Crippen LogP contribution >= 0.6 is 0 Å². The number of fused-ring (bicyclic) bond motifs is 2. The van der Waals surface area contributed by atoms with E-state index in [1.54, 1.807) is 7.05 Å². The summed E-state index contributed by atoms with van der Waals surface area (Å²) in [6.07, 6.45) is 1.78. The maximum Gasteiger partial charge on any atom is 0.257 e. The molecule has 0 fully saturated rings. The van der Waals surface area contributed by atoms with Crippen molar-refractivity contribution in [2.24, 2.45) is 0 Å². The van der Waals surface area contributed by atoms with E-state index in [2.05, 4.69) is 4.72 Å². The molecule has 2 aromatic rings. The first-order chi connectivity index (χ1) is 14.4. The highest BCUT2D eigenvalue weighted by Gasteiger charge is 2.40. The Hall–Kier alpha value is -2.78. The molecule has 1 N–H and O–H groups in total. The van der Waals surface area contributed by atoms with Crippen molar-refractivity contribution in [3.63, 3.8) is 0 Å². The Morgan fingerprint density at radius 1 is 1.17 bits per heavy atom. The van der Waals surface area contributed by atoms with E-state index >= 15 is 0 Å². The number of methoxy groups -OCH3 is 1. The van der Waals surface area contributed by atoms with Crippen molar-refractivity contribution in [3.8, 4) is 17.2 Å². The van der Waals surface area contributed by atoms with E-state index in [1.807, 2.05) is 30.3 Å². The van der Waals surface area contributed by atoms with Crippen molar-refractivity contribution in [2.75, 3.05) is 34.0 Å². The fraction of sp³-hybridized carbons (Fsp3) is 0.381. The molecule has 0 aromatic heterocycles. The lowest BCUT2D eigenvalue weighted by molar-refractivity contribution is 0.0775. The first kappa shape index (κ1) is 20.5. The second-order valence-corrected chi connectivity index (χ2v) is 8.95. The van der Waals surface area contributed by atoms with E-state index in [0.717, 1.165) is 12.0 Å². The average molecular weight is 432 g/mol. The van der Waals surface area contributed by atoms with Crippen molar-refractivity contribution in [1.82, 2.24) is 9.62 Å². The summed E-state index contributed by atoms with van der Waals surface area (Å²) < 4.78 is 45.6. The summed E-state index contributed by atoms with van der Waals surface area (Å²) in [6.45, 7) is 0.543. The molecule has 9 heteroatoms. The number of aryl methyl sites for hydroxylation is 1. The number of amides is 1. The molecule has 2 aliphatic rings. The maximum atomic E-state index is 13.3. The zero-order chi connectivity index (χ0) is 21.3. The summed E-state index contributed by atoms with van der Waals surface area (Å²) in [5.74, 6) is 0.187. The first-order valence-electron chi connectivity index (χ1n) is 9.75. The molecule has 0 saturated heterocycles. The van der Waals surface area contributed by atoms with Crippen LogP contribution in [0.15, 0.2) is 35.2 Å². The van der Waals surface area contributed by atoms with E-state index in [9.17, 15) is 13.2 Å². The monoisotopic (exact) mass is 432 g/mol. The number of ether oxygens (including phenoxy) is 3. The van der Waals surface area contributed by atoms with Gasteiger partial charge in [-0.2, -0.15) is 0 Å². The summed E-state index contributed by atoms with van der Waals surface area (Å²) in [7, 11) is -0.831. The van der Waals surface area contributed by atoms with E-state index < -0.39 is 10.0 Å². The van der Waals surface area contributed by atoms with Crippen molar-refractivity contribution in [2.45, 2.75) is 24.2 Å². The zero-order valence-corrected chi connectivity index (χ0v) is 17.8. The topological polar surface area (TPSA) is 94.2 Å². The number of nitrogens with zero attached hydrogens (tertiary/aromatic N) is 1. The first-order valence-corrected chi connectivity index (χ1v) is 11.2. The van der Waals surface area contributed by atoms with Crippen LogP contribution in [-0.2, 0) is 22.9 Å². The van der Waals surface area contributed by atoms with Gasteiger partial charge in [0.1, 0.15) is 4.90 Å². The lowest BCUT2D eigenvalue weighted by Crippen LogP contribution is -2.36. The second kappa shape index (κ2) is 8.16. The van der Waals surface area contributed by atoms with Crippen molar-refractivity contribution in [3.05, 3.63) is 47.0 Å². The number of sulfonamides is 1. The van der Waals surface area contributed by atoms with Crippen molar-refractivity contribution in [1.29, 1.82) is 0 Å². The summed E-state index contributed by atoms with van der Waals surface area (Å²) in [5.41, 5.74) is 1.78. The molecular formula is C21H24N2O6S. The number of hydrogen-bond donors (Lipinski definition) is 1. The maximum absolute atomic E-state index is 13.3. The quantitative estimate of drug-likeness (QED) is 0.673. The summed E-state index contributed by atoms with van der Waals surface area (Å²) >= 11 is 0. The third-order valence-electron chi connectivity index (χ3n) is 5.34. The minimum absolute atomic E-state index is 0.0213. The minimum atomic E-state index is -3.93. The predicted octanol–water partition coefficient (Wildman–Crippen LogP) is 1.96. The molecule has 0 unspecified atom stereocenters. The molecule has 0 aliphatic carbocycles. The van der Waals surface area contributed by atoms with Crippen LogP contribution in [0.2, 0.25) is 0 Å². The van der Waals surface area contributed by atoms with Gasteiger partial charge in [0.05, 0.1) is 12.7 Å². The van der Waals surface area contributed by atoms with Crippen LogP contribution in [0, 0.1) is 0 Å². The van der Waals surface area contributed by atoms with Crippen LogP contribution in [0.1, 0.15) is 27.9 Å². The average Bonchev–Trinajstić information content (AvgIpc) is 3.22. The molecule has 0 spiro atoms. The lowest BCUT2D eigenvalue weighted by atomic mass is 9.97. The Bertz CT molecular complexity index is 1070. The second-order valence-electron chi connectivity index (χ2n) is 7.24. The van der Waals surface area contributed by atoms with Gasteiger partial charge >= 0.3 is 0 Å². The Morgan fingerprint density at radius 3 is 2.63 bits per heavy atom. The van der Waals surface area contributed by atoms with Crippen LogP contribution in [0.4, 0.5) is 0 Å². The van der Waals surface area contributed by atoms with E-state index in [0.29, 0.717) is 24.9 Å². The van der Waals surface area contributed by atoms with Gasteiger partial charge in [0, 0.05) is 20.1 Å². The molecule has 4 rings (SSSR count). The fourth-order valence-corrected chi connectivity index (χ4v) is 5.33. The molecule has 2 aromatic carbocycles. The standard InChI is InChI=1S/C21H24N2O6S/c1-23-12-10-15-16(21(23)24)17(27-2)18-19(29-13-28-18)20(15)30(25,26)22-11-6-9-14-7-4-3-5-8-14/h3-5,7-8,22H,6,9-13H2,1-2H3. The highest BCUT2D eigenvalue weighted by Crippen LogP contribution is 2.51. The highest BCUT2D eigenvalue weighted by atomic mass is 32.2. The summed E-state index contributed by atoms with van der Waals surface area (Å²) in [6, 6.07) is 9.87. The Labute approximate surface area is 175 Å². The zero-order valence-electron chi connectivity index (χ0n) is 16.9. The number of benzene rings is 2. The number of rotatable bonds is 7. The fourth-order valence-electron chi connectivity index (χ4n) is 3.85.